The Morgan fingerprint density at radius 3 is 2.83 bits per heavy atom. The lowest BCUT2D eigenvalue weighted by Crippen LogP contribution is -2.29. The molecule has 3 atom stereocenters. The van der Waals surface area contributed by atoms with Crippen molar-refractivity contribution < 1.29 is 4.92 Å². The highest BCUT2D eigenvalue weighted by molar-refractivity contribution is 6.31. The average Bonchev–Trinajstić information content (AvgIpc) is 3.04. The predicted molar refractivity (Wildman–Crippen MR) is 90.9 cm³/mol. The van der Waals surface area contributed by atoms with Crippen molar-refractivity contribution in [1.29, 1.82) is 0 Å². The van der Waals surface area contributed by atoms with Gasteiger partial charge in [-0.05, 0) is 30.0 Å². The summed E-state index contributed by atoms with van der Waals surface area (Å²) in [6.07, 6.45) is 5.37. The van der Waals surface area contributed by atoms with Crippen LogP contribution in [0.5, 0.6) is 0 Å². The van der Waals surface area contributed by atoms with Crippen molar-refractivity contribution in [2.45, 2.75) is 18.4 Å². The molecular formula is C18H15ClN2O2. The van der Waals surface area contributed by atoms with E-state index >= 15 is 0 Å². The normalized spacial score (nSPS) is 24.7. The van der Waals surface area contributed by atoms with Crippen molar-refractivity contribution in [2.75, 3.05) is 5.32 Å². The van der Waals surface area contributed by atoms with E-state index in [1.807, 2.05) is 12.1 Å². The summed E-state index contributed by atoms with van der Waals surface area (Å²) in [5, 5.41) is 15.2. The molecule has 0 spiro atoms. The van der Waals surface area contributed by atoms with Crippen LogP contribution < -0.4 is 5.32 Å². The van der Waals surface area contributed by atoms with E-state index in [9.17, 15) is 10.1 Å². The fraction of sp³-hybridized carbons (Fsp3) is 0.222. The molecule has 0 amide bonds. The molecule has 4 rings (SSSR count). The number of non-ortho nitro benzene ring substituents is 1. The second-order valence-electron chi connectivity index (χ2n) is 6.03. The van der Waals surface area contributed by atoms with Crippen LogP contribution >= 0.6 is 11.6 Å². The average molecular weight is 327 g/mol. The zero-order valence-electron chi connectivity index (χ0n) is 12.3. The molecule has 0 bridgehead atoms. The Kier molecular flexibility index (Phi) is 3.34. The first kappa shape index (κ1) is 14.3. The first-order valence-corrected chi connectivity index (χ1v) is 7.99. The van der Waals surface area contributed by atoms with Crippen LogP contribution in [0.1, 0.15) is 29.5 Å². The number of hydrogen-bond acceptors (Lipinski definition) is 3. The summed E-state index contributed by atoms with van der Waals surface area (Å²) in [6, 6.07) is 12.9. The van der Waals surface area contributed by atoms with Crippen LogP contribution in [0.15, 0.2) is 54.6 Å². The van der Waals surface area contributed by atoms with Crippen LogP contribution in [0.2, 0.25) is 5.02 Å². The van der Waals surface area contributed by atoms with Crippen molar-refractivity contribution in [2.24, 2.45) is 5.92 Å². The van der Waals surface area contributed by atoms with Gasteiger partial charge in [0.15, 0.2) is 0 Å². The zero-order chi connectivity index (χ0) is 16.0. The van der Waals surface area contributed by atoms with Crippen molar-refractivity contribution in [3.8, 4) is 0 Å². The third kappa shape index (κ3) is 2.30. The lowest BCUT2D eigenvalue weighted by Gasteiger charge is -2.37. The summed E-state index contributed by atoms with van der Waals surface area (Å²) in [4.78, 5) is 10.7. The molecule has 2 aliphatic rings. The lowest BCUT2D eigenvalue weighted by molar-refractivity contribution is -0.384. The summed E-state index contributed by atoms with van der Waals surface area (Å²) in [7, 11) is 0. The Bertz CT molecular complexity index is 818. The van der Waals surface area contributed by atoms with E-state index in [0.29, 0.717) is 16.9 Å². The zero-order valence-corrected chi connectivity index (χ0v) is 13.0. The van der Waals surface area contributed by atoms with E-state index in [-0.39, 0.29) is 16.7 Å². The second-order valence-corrected chi connectivity index (χ2v) is 6.43. The molecule has 1 heterocycles. The van der Waals surface area contributed by atoms with Gasteiger partial charge < -0.3 is 5.32 Å². The number of anilines is 1. The molecule has 1 aliphatic heterocycles. The van der Waals surface area contributed by atoms with Gasteiger partial charge in [0.2, 0.25) is 0 Å². The standard InChI is InChI=1S/C18H15ClN2O2/c19-16-9-8-11(21(22)23)10-15(16)18-14-6-3-5-12(14)13-4-1-2-7-17(13)20-18/h1-5,7-10,12,14,18,20H,6H2/t12-,14-,18+/m0/s1. The molecule has 0 unspecified atom stereocenters. The summed E-state index contributed by atoms with van der Waals surface area (Å²) >= 11 is 6.37. The van der Waals surface area contributed by atoms with Gasteiger partial charge >= 0.3 is 0 Å². The van der Waals surface area contributed by atoms with Gasteiger partial charge in [-0.25, -0.2) is 0 Å². The van der Waals surface area contributed by atoms with Crippen LogP contribution in [-0.4, -0.2) is 4.92 Å². The largest absolute Gasteiger partial charge is 0.378 e. The molecule has 0 radical (unpaired) electrons. The van der Waals surface area contributed by atoms with E-state index < -0.39 is 0 Å². The second kappa shape index (κ2) is 5.39. The maximum absolute atomic E-state index is 11.1. The molecule has 116 valence electrons. The molecule has 0 saturated carbocycles. The Labute approximate surface area is 138 Å². The van der Waals surface area contributed by atoms with Crippen LogP contribution in [-0.2, 0) is 0 Å². The quantitative estimate of drug-likeness (QED) is 0.476. The van der Waals surface area contributed by atoms with Gasteiger partial charge in [0.1, 0.15) is 0 Å². The Balaban J connectivity index is 1.81. The SMILES string of the molecule is O=[N+]([O-])c1ccc(Cl)c([C@@H]2Nc3ccccc3[C@@H]3C=CC[C@@H]32)c1. The van der Waals surface area contributed by atoms with E-state index in [0.717, 1.165) is 17.7 Å². The number of para-hydroxylation sites is 1. The molecule has 0 saturated heterocycles. The Morgan fingerprint density at radius 2 is 2.00 bits per heavy atom. The minimum absolute atomic E-state index is 0.0303. The summed E-state index contributed by atoms with van der Waals surface area (Å²) in [5.41, 5.74) is 3.23. The lowest BCUT2D eigenvalue weighted by atomic mass is 9.77. The molecule has 2 aromatic carbocycles. The first-order chi connectivity index (χ1) is 11.1. The molecule has 0 fully saturated rings. The summed E-state index contributed by atoms with van der Waals surface area (Å²) < 4.78 is 0. The van der Waals surface area contributed by atoms with Crippen LogP contribution in [0.4, 0.5) is 11.4 Å². The monoisotopic (exact) mass is 326 g/mol. The van der Waals surface area contributed by atoms with Crippen LogP contribution in [0.3, 0.4) is 0 Å². The highest BCUT2D eigenvalue weighted by atomic mass is 35.5. The van der Waals surface area contributed by atoms with Gasteiger partial charge in [0.25, 0.3) is 5.69 Å². The van der Waals surface area contributed by atoms with Gasteiger partial charge in [-0.1, -0.05) is 42.0 Å². The number of nitrogens with zero attached hydrogens (tertiary/aromatic N) is 1. The maximum atomic E-state index is 11.1. The van der Waals surface area contributed by atoms with Gasteiger partial charge in [-0.3, -0.25) is 10.1 Å². The smallest absolute Gasteiger partial charge is 0.269 e. The van der Waals surface area contributed by atoms with Crippen molar-refractivity contribution in [3.05, 3.63) is 80.9 Å². The topological polar surface area (TPSA) is 55.2 Å². The Hall–Kier alpha value is -2.33. The minimum Gasteiger partial charge on any atom is -0.378 e. The van der Waals surface area contributed by atoms with Crippen molar-refractivity contribution in [1.82, 2.24) is 0 Å². The van der Waals surface area contributed by atoms with Gasteiger partial charge in [-0.2, -0.15) is 0 Å². The Morgan fingerprint density at radius 1 is 1.17 bits per heavy atom. The third-order valence-corrected chi connectivity index (χ3v) is 5.14. The number of rotatable bonds is 2. The van der Waals surface area contributed by atoms with E-state index in [4.69, 9.17) is 11.6 Å². The van der Waals surface area contributed by atoms with E-state index in [1.165, 1.54) is 11.6 Å². The van der Waals surface area contributed by atoms with Gasteiger partial charge in [0.05, 0.1) is 11.0 Å². The van der Waals surface area contributed by atoms with Gasteiger partial charge in [-0.15, -0.1) is 0 Å². The number of fused-ring (bicyclic) bond motifs is 3. The molecular weight excluding hydrogens is 312 g/mol. The fourth-order valence-electron chi connectivity index (χ4n) is 3.73. The fourth-order valence-corrected chi connectivity index (χ4v) is 3.97. The van der Waals surface area contributed by atoms with Gasteiger partial charge in [0, 0.05) is 34.3 Å². The number of nitro groups is 1. The number of nitro benzene ring substituents is 1. The van der Waals surface area contributed by atoms with Crippen molar-refractivity contribution in [3.63, 3.8) is 0 Å². The molecule has 0 aromatic heterocycles. The van der Waals surface area contributed by atoms with E-state index in [1.54, 1.807) is 12.1 Å². The molecule has 1 N–H and O–H groups in total. The molecule has 5 heteroatoms. The molecule has 1 aliphatic carbocycles. The number of allylic oxidation sites excluding steroid dienone is 2. The highest BCUT2D eigenvalue weighted by Crippen LogP contribution is 2.50. The van der Waals surface area contributed by atoms with Crippen molar-refractivity contribution >= 4 is 23.0 Å². The third-order valence-electron chi connectivity index (χ3n) is 4.80. The number of benzene rings is 2. The van der Waals surface area contributed by atoms with Crippen LogP contribution in [0, 0.1) is 16.0 Å². The van der Waals surface area contributed by atoms with E-state index in [2.05, 4.69) is 29.6 Å². The number of nitrogens with one attached hydrogen (secondary N) is 1. The maximum Gasteiger partial charge on any atom is 0.269 e. The molecule has 23 heavy (non-hydrogen) atoms. The summed E-state index contributed by atoms with van der Waals surface area (Å²) in [6.45, 7) is 0. The first-order valence-electron chi connectivity index (χ1n) is 7.61. The number of halogens is 1. The summed E-state index contributed by atoms with van der Waals surface area (Å²) in [5.74, 6) is 0.650. The highest BCUT2D eigenvalue weighted by Gasteiger charge is 2.38. The molecule has 2 aromatic rings. The minimum atomic E-state index is -0.374. The molecule has 4 nitrogen and oxygen atoms in total. The predicted octanol–water partition coefficient (Wildman–Crippen LogP) is 5.07. The number of hydrogen-bond donors (Lipinski definition) is 1. The van der Waals surface area contributed by atoms with Crippen LogP contribution in [0.25, 0.3) is 0 Å².